The van der Waals surface area contributed by atoms with Crippen LogP contribution in [0.1, 0.15) is 23.0 Å². The molecule has 0 spiro atoms. The quantitative estimate of drug-likeness (QED) is 0.747. The summed E-state index contributed by atoms with van der Waals surface area (Å²) in [6.07, 6.45) is 1.44. The van der Waals surface area contributed by atoms with Crippen LogP contribution >= 0.6 is 0 Å². The third-order valence-corrected chi connectivity index (χ3v) is 2.16. The molecule has 0 aliphatic rings. The Balaban J connectivity index is 2.40. The van der Waals surface area contributed by atoms with Crippen molar-refractivity contribution in [2.24, 2.45) is 5.92 Å². The fraction of sp³-hybridized carbons (Fsp3) is 0.600. The van der Waals surface area contributed by atoms with Crippen LogP contribution in [0.5, 0.6) is 0 Å². The monoisotopic (exact) mass is 211 g/mol. The van der Waals surface area contributed by atoms with Gasteiger partial charge in [-0.05, 0) is 26.4 Å². The van der Waals surface area contributed by atoms with Crippen molar-refractivity contribution in [3.63, 3.8) is 0 Å². The van der Waals surface area contributed by atoms with E-state index >= 15 is 0 Å². The van der Waals surface area contributed by atoms with E-state index in [1.165, 1.54) is 6.20 Å². The number of carbonyl (C=O) groups is 1. The topological polar surface area (TPSA) is 67.2 Å². The highest BCUT2D eigenvalue weighted by atomic mass is 16.5. The van der Waals surface area contributed by atoms with Crippen LogP contribution in [0.25, 0.3) is 0 Å². The molecule has 2 N–H and O–H groups in total. The molecule has 1 unspecified atom stereocenters. The van der Waals surface area contributed by atoms with Crippen molar-refractivity contribution < 1.29 is 9.32 Å². The molecule has 0 saturated heterocycles. The lowest BCUT2D eigenvalue weighted by Crippen LogP contribution is -2.32. The molecule has 1 heterocycles. The lowest BCUT2D eigenvalue weighted by Gasteiger charge is -2.11. The molecule has 84 valence electrons. The van der Waals surface area contributed by atoms with Crippen LogP contribution in [0.15, 0.2) is 10.7 Å². The number of amides is 1. The Morgan fingerprint density at radius 2 is 2.33 bits per heavy atom. The fourth-order valence-electron chi connectivity index (χ4n) is 1.30. The molecule has 1 amide bonds. The minimum Gasteiger partial charge on any atom is -0.361 e. The zero-order valence-corrected chi connectivity index (χ0v) is 9.33. The van der Waals surface area contributed by atoms with E-state index < -0.39 is 0 Å². The predicted octanol–water partition coefficient (Wildman–Crippen LogP) is 0.568. The summed E-state index contributed by atoms with van der Waals surface area (Å²) in [6, 6.07) is 0. The molecule has 15 heavy (non-hydrogen) atoms. The number of hydrogen-bond donors (Lipinski definition) is 2. The summed E-state index contributed by atoms with van der Waals surface area (Å²) in [7, 11) is 1.89. The van der Waals surface area contributed by atoms with Gasteiger partial charge in [-0.2, -0.15) is 0 Å². The van der Waals surface area contributed by atoms with Gasteiger partial charge in [0.25, 0.3) is 5.91 Å². The average Bonchev–Trinajstić information content (AvgIpc) is 2.61. The maximum absolute atomic E-state index is 11.6. The predicted molar refractivity (Wildman–Crippen MR) is 56.7 cm³/mol. The summed E-state index contributed by atoms with van der Waals surface area (Å²) >= 11 is 0. The van der Waals surface area contributed by atoms with E-state index in [4.69, 9.17) is 4.52 Å². The summed E-state index contributed by atoms with van der Waals surface area (Å²) in [4.78, 5) is 11.6. The van der Waals surface area contributed by atoms with Gasteiger partial charge in [0, 0.05) is 6.54 Å². The molecule has 0 aromatic carbocycles. The van der Waals surface area contributed by atoms with Crippen LogP contribution < -0.4 is 10.6 Å². The van der Waals surface area contributed by atoms with E-state index in [1.54, 1.807) is 6.92 Å². The molecule has 0 aliphatic heterocycles. The van der Waals surface area contributed by atoms with Crippen molar-refractivity contribution in [2.75, 3.05) is 20.1 Å². The van der Waals surface area contributed by atoms with Gasteiger partial charge in [0.1, 0.15) is 11.3 Å². The first-order valence-electron chi connectivity index (χ1n) is 4.99. The molecule has 0 aliphatic carbocycles. The number of nitrogens with zero attached hydrogens (tertiary/aromatic N) is 1. The molecule has 1 aromatic heterocycles. The van der Waals surface area contributed by atoms with Gasteiger partial charge in [-0.25, -0.2) is 0 Å². The lowest BCUT2D eigenvalue weighted by atomic mass is 10.1. The molecule has 0 saturated carbocycles. The number of aryl methyl sites for hydroxylation is 1. The summed E-state index contributed by atoms with van der Waals surface area (Å²) in [5.41, 5.74) is 0.506. The van der Waals surface area contributed by atoms with Gasteiger partial charge in [-0.3, -0.25) is 4.79 Å². The average molecular weight is 211 g/mol. The van der Waals surface area contributed by atoms with Crippen molar-refractivity contribution >= 4 is 5.91 Å². The standard InChI is InChI=1S/C10H17N3O2/c1-7(4-11-3)5-12-10(14)9-6-13-15-8(9)2/h6-7,11H,4-5H2,1-3H3,(H,12,14). The Labute approximate surface area is 89.2 Å². The second kappa shape index (κ2) is 5.50. The number of nitrogens with one attached hydrogen (secondary N) is 2. The summed E-state index contributed by atoms with van der Waals surface area (Å²) in [5.74, 6) is 0.824. The third kappa shape index (κ3) is 3.36. The van der Waals surface area contributed by atoms with Gasteiger partial charge in [0.2, 0.25) is 0 Å². The van der Waals surface area contributed by atoms with E-state index in [9.17, 15) is 4.79 Å². The van der Waals surface area contributed by atoms with Crippen LogP contribution in [0, 0.1) is 12.8 Å². The van der Waals surface area contributed by atoms with Crippen LogP contribution in [0.2, 0.25) is 0 Å². The Kier molecular flexibility index (Phi) is 4.30. The van der Waals surface area contributed by atoms with Gasteiger partial charge in [0.15, 0.2) is 0 Å². The first-order chi connectivity index (χ1) is 7.15. The summed E-state index contributed by atoms with van der Waals surface area (Å²) in [6.45, 7) is 5.31. The van der Waals surface area contributed by atoms with Crippen LogP contribution in [0.4, 0.5) is 0 Å². The zero-order valence-electron chi connectivity index (χ0n) is 9.33. The Bertz CT molecular complexity index is 322. The molecule has 1 aromatic rings. The first kappa shape index (κ1) is 11.7. The van der Waals surface area contributed by atoms with Gasteiger partial charge in [0.05, 0.1) is 6.20 Å². The highest BCUT2D eigenvalue weighted by molar-refractivity contribution is 5.94. The molecule has 5 heteroatoms. The van der Waals surface area contributed by atoms with Gasteiger partial charge < -0.3 is 15.2 Å². The highest BCUT2D eigenvalue weighted by Crippen LogP contribution is 2.05. The largest absolute Gasteiger partial charge is 0.361 e. The summed E-state index contributed by atoms with van der Waals surface area (Å²) in [5, 5.41) is 9.44. The van der Waals surface area contributed by atoms with Crippen molar-refractivity contribution in [3.05, 3.63) is 17.5 Å². The molecule has 1 atom stereocenters. The van der Waals surface area contributed by atoms with Crippen LogP contribution in [0.3, 0.4) is 0 Å². The molecule has 5 nitrogen and oxygen atoms in total. The third-order valence-electron chi connectivity index (χ3n) is 2.16. The molecular formula is C10H17N3O2. The van der Waals surface area contributed by atoms with E-state index in [1.807, 2.05) is 7.05 Å². The number of rotatable bonds is 5. The summed E-state index contributed by atoms with van der Waals surface area (Å²) < 4.78 is 4.82. The minimum absolute atomic E-state index is 0.128. The van der Waals surface area contributed by atoms with Crippen molar-refractivity contribution in [2.45, 2.75) is 13.8 Å². The second-order valence-electron chi connectivity index (χ2n) is 3.67. The maximum atomic E-state index is 11.6. The van der Waals surface area contributed by atoms with Crippen LogP contribution in [-0.4, -0.2) is 31.2 Å². The molecule has 0 radical (unpaired) electrons. The van der Waals surface area contributed by atoms with Crippen molar-refractivity contribution in [3.8, 4) is 0 Å². The number of hydrogen-bond acceptors (Lipinski definition) is 4. The number of aromatic nitrogens is 1. The van der Waals surface area contributed by atoms with E-state index in [-0.39, 0.29) is 5.91 Å². The smallest absolute Gasteiger partial charge is 0.256 e. The normalized spacial score (nSPS) is 12.5. The molecule has 0 fully saturated rings. The van der Waals surface area contributed by atoms with E-state index in [0.29, 0.717) is 23.8 Å². The maximum Gasteiger partial charge on any atom is 0.256 e. The van der Waals surface area contributed by atoms with E-state index in [0.717, 1.165) is 6.54 Å². The number of carbonyl (C=O) groups excluding carboxylic acids is 1. The van der Waals surface area contributed by atoms with Gasteiger partial charge >= 0.3 is 0 Å². The van der Waals surface area contributed by atoms with E-state index in [2.05, 4.69) is 22.7 Å². The minimum atomic E-state index is -0.128. The van der Waals surface area contributed by atoms with Crippen LogP contribution in [-0.2, 0) is 0 Å². The van der Waals surface area contributed by atoms with Gasteiger partial charge in [-0.1, -0.05) is 12.1 Å². The molecular weight excluding hydrogens is 194 g/mol. The fourth-order valence-corrected chi connectivity index (χ4v) is 1.30. The first-order valence-corrected chi connectivity index (χ1v) is 4.99. The molecule has 0 bridgehead atoms. The SMILES string of the molecule is CNCC(C)CNC(=O)c1cnoc1C. The zero-order chi connectivity index (χ0) is 11.3. The van der Waals surface area contributed by atoms with Gasteiger partial charge in [-0.15, -0.1) is 0 Å². The highest BCUT2D eigenvalue weighted by Gasteiger charge is 2.12. The molecule has 1 rings (SSSR count). The second-order valence-corrected chi connectivity index (χ2v) is 3.67. The van der Waals surface area contributed by atoms with Crippen molar-refractivity contribution in [1.29, 1.82) is 0 Å². The Morgan fingerprint density at radius 3 is 2.87 bits per heavy atom. The van der Waals surface area contributed by atoms with Crippen molar-refractivity contribution in [1.82, 2.24) is 15.8 Å². The lowest BCUT2D eigenvalue weighted by molar-refractivity contribution is 0.0946. The Hall–Kier alpha value is -1.36. The Morgan fingerprint density at radius 1 is 1.60 bits per heavy atom.